The molecule has 0 bridgehead atoms. The van der Waals surface area contributed by atoms with E-state index in [0.717, 1.165) is 25.3 Å². The molecule has 31 heavy (non-hydrogen) atoms. The van der Waals surface area contributed by atoms with Gasteiger partial charge in [-0.05, 0) is 48.4 Å². The van der Waals surface area contributed by atoms with Gasteiger partial charge >= 0.3 is 6.18 Å². The van der Waals surface area contributed by atoms with Gasteiger partial charge in [0.05, 0.1) is 16.6 Å². The number of carbonyl (C=O) groups excluding carboxylic acids is 1. The number of pyridine rings is 1. The summed E-state index contributed by atoms with van der Waals surface area (Å²) in [7, 11) is 0. The molecular weight excluding hydrogens is 410 g/mol. The summed E-state index contributed by atoms with van der Waals surface area (Å²) in [5.74, 6) is -1.01. The molecule has 0 unspecified atom stereocenters. The fourth-order valence-electron chi connectivity index (χ4n) is 4.17. The van der Waals surface area contributed by atoms with Gasteiger partial charge in [0, 0.05) is 25.2 Å². The number of rotatable bonds is 5. The molecule has 4 rings (SSSR count). The maximum Gasteiger partial charge on any atom is 0.416 e. The van der Waals surface area contributed by atoms with Crippen molar-refractivity contribution in [1.29, 1.82) is 0 Å². The molecule has 1 N–H and O–H groups in total. The van der Waals surface area contributed by atoms with Crippen LogP contribution < -0.4 is 5.32 Å². The number of aromatic nitrogens is 2. The van der Waals surface area contributed by atoms with E-state index < -0.39 is 17.6 Å². The Morgan fingerprint density at radius 3 is 2.58 bits per heavy atom. The maximum absolute atomic E-state index is 14.6. The molecule has 2 heterocycles. The van der Waals surface area contributed by atoms with Crippen molar-refractivity contribution in [3.05, 3.63) is 59.0 Å². The Kier molecular flexibility index (Phi) is 5.27. The van der Waals surface area contributed by atoms with Gasteiger partial charge in [0.1, 0.15) is 0 Å². The number of carbonyl (C=O) groups is 1. The van der Waals surface area contributed by atoms with Crippen LogP contribution in [0, 0.1) is 18.2 Å². The molecule has 1 aliphatic carbocycles. The lowest BCUT2D eigenvalue weighted by atomic mass is 9.68. The zero-order chi connectivity index (χ0) is 22.4. The van der Waals surface area contributed by atoms with Crippen LogP contribution in [0.3, 0.4) is 0 Å². The Morgan fingerprint density at radius 1 is 1.23 bits per heavy atom. The van der Waals surface area contributed by atoms with Crippen LogP contribution in [-0.2, 0) is 17.5 Å². The van der Waals surface area contributed by atoms with Gasteiger partial charge in [0.2, 0.25) is 5.91 Å². The zero-order valence-corrected chi connectivity index (χ0v) is 17.3. The molecule has 1 aromatic carbocycles. The summed E-state index contributed by atoms with van der Waals surface area (Å²) in [5, 5.41) is 2.57. The molecular formula is C23H23F4N3O. The third kappa shape index (κ3) is 4.43. The molecule has 0 radical (unpaired) electrons. The van der Waals surface area contributed by atoms with E-state index in [1.165, 1.54) is 25.1 Å². The molecule has 0 aliphatic heterocycles. The molecule has 1 amide bonds. The summed E-state index contributed by atoms with van der Waals surface area (Å²) in [5.41, 5.74) is 1.10. The molecule has 2 aromatic heterocycles. The quantitative estimate of drug-likeness (QED) is 0.497. The number of benzene rings is 1. The van der Waals surface area contributed by atoms with Crippen molar-refractivity contribution in [3.63, 3.8) is 0 Å². The van der Waals surface area contributed by atoms with Gasteiger partial charge in [-0.15, -0.1) is 0 Å². The normalized spacial score (nSPS) is 15.7. The van der Waals surface area contributed by atoms with Gasteiger partial charge in [-0.2, -0.15) is 13.2 Å². The van der Waals surface area contributed by atoms with Crippen LogP contribution in [0.15, 0.2) is 36.5 Å². The van der Waals surface area contributed by atoms with Crippen molar-refractivity contribution in [2.75, 3.05) is 5.32 Å². The molecule has 0 spiro atoms. The Bertz CT molecular complexity index is 1150. The number of fused-ring (bicyclic) bond motifs is 1. The summed E-state index contributed by atoms with van der Waals surface area (Å²) >= 11 is 0. The number of anilines is 1. The summed E-state index contributed by atoms with van der Waals surface area (Å²) in [6.45, 7) is 3.74. The number of alkyl halides is 3. The highest BCUT2D eigenvalue weighted by Gasteiger charge is 2.34. The van der Waals surface area contributed by atoms with Crippen molar-refractivity contribution in [1.82, 2.24) is 9.55 Å². The molecule has 164 valence electrons. The monoisotopic (exact) mass is 433 g/mol. The first-order valence-electron chi connectivity index (χ1n) is 10.2. The van der Waals surface area contributed by atoms with Crippen LogP contribution in [0.1, 0.15) is 49.3 Å². The second-order valence-electron chi connectivity index (χ2n) is 8.70. The highest BCUT2D eigenvalue weighted by atomic mass is 19.4. The predicted molar refractivity (Wildman–Crippen MR) is 110 cm³/mol. The van der Waals surface area contributed by atoms with Crippen LogP contribution in [-0.4, -0.2) is 15.5 Å². The minimum atomic E-state index is -4.40. The van der Waals surface area contributed by atoms with Crippen LogP contribution in [0.2, 0.25) is 0 Å². The highest BCUT2D eigenvalue weighted by molar-refractivity contribution is 5.91. The van der Waals surface area contributed by atoms with Crippen molar-refractivity contribution < 1.29 is 22.4 Å². The number of hydrogen-bond donors (Lipinski definition) is 1. The van der Waals surface area contributed by atoms with Gasteiger partial charge in [-0.25, -0.2) is 9.37 Å². The fourth-order valence-corrected chi connectivity index (χ4v) is 4.17. The number of aryl methyl sites for hydroxylation is 1. The Morgan fingerprint density at radius 2 is 1.97 bits per heavy atom. The van der Waals surface area contributed by atoms with Crippen molar-refractivity contribution in [3.8, 4) is 0 Å². The average molecular weight is 433 g/mol. The number of nitrogens with zero attached hydrogens (tertiary/aromatic N) is 2. The number of hydrogen-bond acceptors (Lipinski definition) is 2. The summed E-state index contributed by atoms with van der Waals surface area (Å²) < 4.78 is 55.3. The first kappa shape index (κ1) is 21.3. The van der Waals surface area contributed by atoms with Crippen molar-refractivity contribution in [2.45, 2.75) is 52.3 Å². The summed E-state index contributed by atoms with van der Waals surface area (Å²) in [6.07, 6.45) is 0.718. The van der Waals surface area contributed by atoms with E-state index in [1.54, 1.807) is 16.8 Å². The fraction of sp³-hybridized carbons (Fsp3) is 0.391. The Hall–Kier alpha value is -2.90. The van der Waals surface area contributed by atoms with E-state index in [4.69, 9.17) is 0 Å². The molecule has 8 heteroatoms. The number of nitrogens with one attached hydrogen (secondary N) is 1. The van der Waals surface area contributed by atoms with Crippen LogP contribution >= 0.6 is 0 Å². The standard InChI is InChI=1S/C23H23F4N3O/c1-14-10-15(4-5-16(14)23(25,26)27)13-30-9-6-18-19(30)11-17(24)21(28-18)29-20(31)12-22(2)7-3-8-22/h4-6,9-11H,3,7-8,12-13H2,1-2H3,(H,28,29,31). The van der Waals surface area contributed by atoms with Crippen LogP contribution in [0.4, 0.5) is 23.4 Å². The first-order valence-corrected chi connectivity index (χ1v) is 10.2. The lowest BCUT2D eigenvalue weighted by molar-refractivity contribution is -0.138. The third-order valence-corrected chi connectivity index (χ3v) is 6.06. The van der Waals surface area contributed by atoms with E-state index >= 15 is 0 Å². The molecule has 4 nitrogen and oxygen atoms in total. The van der Waals surface area contributed by atoms with Crippen molar-refractivity contribution in [2.24, 2.45) is 5.41 Å². The van der Waals surface area contributed by atoms with Gasteiger partial charge in [-0.1, -0.05) is 25.5 Å². The lowest BCUT2D eigenvalue weighted by Gasteiger charge is -2.37. The highest BCUT2D eigenvalue weighted by Crippen LogP contribution is 2.43. The first-order chi connectivity index (χ1) is 14.5. The molecule has 0 atom stereocenters. The topological polar surface area (TPSA) is 46.9 Å². The van der Waals surface area contributed by atoms with Crippen LogP contribution in [0.25, 0.3) is 11.0 Å². The van der Waals surface area contributed by atoms with Gasteiger partial charge in [0.15, 0.2) is 11.6 Å². The third-order valence-electron chi connectivity index (χ3n) is 6.06. The van der Waals surface area contributed by atoms with Crippen LogP contribution in [0.5, 0.6) is 0 Å². The van der Waals surface area contributed by atoms with E-state index in [0.29, 0.717) is 23.0 Å². The lowest BCUT2D eigenvalue weighted by Crippen LogP contribution is -2.31. The average Bonchev–Trinajstić information content (AvgIpc) is 3.01. The number of amides is 1. The molecule has 1 saturated carbocycles. The zero-order valence-electron chi connectivity index (χ0n) is 17.3. The van der Waals surface area contributed by atoms with Gasteiger partial charge < -0.3 is 9.88 Å². The molecule has 3 aromatic rings. The van der Waals surface area contributed by atoms with E-state index in [-0.39, 0.29) is 29.2 Å². The molecule has 1 fully saturated rings. The molecule has 0 saturated heterocycles. The number of halogens is 4. The maximum atomic E-state index is 14.6. The van der Waals surface area contributed by atoms with Gasteiger partial charge in [-0.3, -0.25) is 4.79 Å². The van der Waals surface area contributed by atoms with Gasteiger partial charge in [0.25, 0.3) is 0 Å². The van der Waals surface area contributed by atoms with E-state index in [1.807, 2.05) is 6.92 Å². The minimum absolute atomic E-state index is 0.0201. The van der Waals surface area contributed by atoms with E-state index in [2.05, 4.69) is 10.3 Å². The molecule has 1 aliphatic rings. The minimum Gasteiger partial charge on any atom is -0.342 e. The second kappa shape index (κ2) is 7.66. The predicted octanol–water partition coefficient (Wildman–Crippen LogP) is 6.07. The Labute approximate surface area is 177 Å². The smallest absolute Gasteiger partial charge is 0.342 e. The second-order valence-corrected chi connectivity index (χ2v) is 8.70. The summed E-state index contributed by atoms with van der Waals surface area (Å²) in [6, 6.07) is 6.94. The van der Waals surface area contributed by atoms with Crippen molar-refractivity contribution >= 4 is 22.8 Å². The SMILES string of the molecule is Cc1cc(Cn2ccc3nc(NC(=O)CC4(C)CCC4)c(F)cc32)ccc1C(F)(F)F. The summed E-state index contributed by atoms with van der Waals surface area (Å²) in [4.78, 5) is 16.5. The largest absolute Gasteiger partial charge is 0.416 e. The Balaban J connectivity index is 1.54. The van der Waals surface area contributed by atoms with E-state index in [9.17, 15) is 22.4 Å².